The van der Waals surface area contributed by atoms with E-state index in [4.69, 9.17) is 6.58 Å². The number of hydrogen-bond donors (Lipinski definition) is 0. The Balaban J connectivity index is 1.85. The zero-order valence-corrected chi connectivity index (χ0v) is 25.9. The monoisotopic (exact) mass is 611 g/mol. The van der Waals surface area contributed by atoms with Gasteiger partial charge in [0.2, 0.25) is 0 Å². The van der Waals surface area contributed by atoms with Crippen LogP contribution in [-0.2, 0) is 12.5 Å². The van der Waals surface area contributed by atoms with E-state index in [0.29, 0.717) is 0 Å². The summed E-state index contributed by atoms with van der Waals surface area (Å²) in [7, 11) is 0. The molecule has 0 bridgehead atoms. The van der Waals surface area contributed by atoms with E-state index in [0.717, 1.165) is 0 Å². The van der Waals surface area contributed by atoms with E-state index in [1.165, 1.54) is 31.8 Å². The summed E-state index contributed by atoms with van der Waals surface area (Å²) in [5.41, 5.74) is 0. The average Bonchev–Trinajstić information content (AvgIpc) is 3.07. The standard InChI is InChI=1S/2C18H15P.C2H3.Ni/c2*1-4-10-16(11-5-1)19(17-12-6-2-7-13-17)18-14-8-3-9-15-18;1-2;/h2*1-15H;1H,2H2;/q;;;-2/p+2. The number of rotatable bonds is 9. The normalized spacial score (nSPS) is 12.7. The average molecular weight is 612 g/mol. The van der Waals surface area contributed by atoms with E-state index in [1.807, 2.05) is 0 Å². The molecule has 0 saturated heterocycles. The van der Waals surface area contributed by atoms with Gasteiger partial charge in [-0.3, -0.25) is 0 Å². The van der Waals surface area contributed by atoms with Crippen molar-refractivity contribution in [2.45, 2.75) is 0 Å². The van der Waals surface area contributed by atoms with E-state index in [9.17, 15) is 0 Å². The molecule has 207 valence electrons. The van der Waals surface area contributed by atoms with Crippen LogP contribution in [0.1, 0.15) is 0 Å². The predicted octanol–water partition coefficient (Wildman–Crippen LogP) is 7.03. The predicted molar refractivity (Wildman–Crippen MR) is 183 cm³/mol. The molecule has 0 aliphatic heterocycles. The van der Waals surface area contributed by atoms with Gasteiger partial charge in [-0.25, -0.2) is 0 Å². The van der Waals surface area contributed by atoms with Gasteiger partial charge in [-0.05, 0) is 0 Å². The summed E-state index contributed by atoms with van der Waals surface area (Å²) in [6.07, 6.45) is 0. The molecule has 0 aliphatic rings. The van der Waals surface area contributed by atoms with Gasteiger partial charge in [-0.2, -0.15) is 0 Å². The molecule has 0 spiro atoms. The summed E-state index contributed by atoms with van der Waals surface area (Å²) in [5.74, 6) is 0. The van der Waals surface area contributed by atoms with Crippen LogP contribution in [0, 0.1) is 0 Å². The van der Waals surface area contributed by atoms with Crippen LogP contribution in [-0.4, -0.2) is 0 Å². The Hall–Kier alpha value is -3.59. The molecule has 0 radical (unpaired) electrons. The quantitative estimate of drug-likeness (QED) is 0.122. The van der Waals surface area contributed by atoms with Gasteiger partial charge in [0.25, 0.3) is 0 Å². The Kier molecular flexibility index (Phi) is 8.42. The molecule has 6 aromatic rings. The van der Waals surface area contributed by atoms with E-state index in [-0.39, 0.29) is 0 Å². The summed E-state index contributed by atoms with van der Waals surface area (Å²) in [5, 5.41) is 10.9. The molecule has 0 aliphatic carbocycles. The molecule has 0 nitrogen and oxygen atoms in total. The first kappa shape index (κ1) is 27.6. The molecule has 0 N–H and O–H groups in total. The third-order valence-corrected chi connectivity index (χ3v) is 32.4. The van der Waals surface area contributed by atoms with Crippen molar-refractivity contribution >= 4 is 43.9 Å². The molecule has 6 aromatic carbocycles. The summed E-state index contributed by atoms with van der Waals surface area (Å²) >= 11 is -0.506. The van der Waals surface area contributed by atoms with Crippen molar-refractivity contribution in [2.75, 3.05) is 0 Å². The molecule has 0 aromatic heterocycles. The van der Waals surface area contributed by atoms with Crippen LogP contribution in [0.25, 0.3) is 0 Å². The second-order valence-electron chi connectivity index (χ2n) is 9.81. The van der Waals surface area contributed by atoms with Crippen molar-refractivity contribution < 1.29 is 12.5 Å². The van der Waals surface area contributed by atoms with Gasteiger partial charge in [0.05, 0.1) is 0 Å². The fourth-order valence-corrected chi connectivity index (χ4v) is 36.8. The van der Waals surface area contributed by atoms with Crippen molar-refractivity contribution in [1.29, 1.82) is 0 Å². The van der Waals surface area contributed by atoms with Crippen LogP contribution in [0.5, 0.6) is 0 Å². The zero-order valence-electron chi connectivity index (χ0n) is 22.9. The first-order valence-electron chi connectivity index (χ1n) is 13.9. The van der Waals surface area contributed by atoms with Gasteiger partial charge in [0, 0.05) is 0 Å². The van der Waals surface area contributed by atoms with Gasteiger partial charge >= 0.3 is 250 Å². The van der Waals surface area contributed by atoms with Crippen LogP contribution < -0.4 is 31.8 Å². The van der Waals surface area contributed by atoms with Gasteiger partial charge in [-0.15, -0.1) is 0 Å². The van der Waals surface area contributed by atoms with Crippen LogP contribution in [0.4, 0.5) is 0 Å². The topological polar surface area (TPSA) is 0 Å². The molecular weight excluding hydrogens is 577 g/mol. The minimum atomic E-state index is -2.75. The molecule has 0 unspecified atom stereocenters. The van der Waals surface area contributed by atoms with Gasteiger partial charge in [0.1, 0.15) is 0 Å². The Morgan fingerprint density at radius 1 is 0.317 bits per heavy atom. The molecule has 0 saturated carbocycles. The maximum absolute atomic E-state index is 4.73. The summed E-state index contributed by atoms with van der Waals surface area (Å²) in [4.78, 5) is 0. The molecule has 3 heteroatoms. The van der Waals surface area contributed by atoms with Crippen LogP contribution in [0.2, 0.25) is 0 Å². The third kappa shape index (κ3) is 4.84. The van der Waals surface area contributed by atoms with Crippen LogP contribution in [0.15, 0.2) is 194 Å². The summed E-state index contributed by atoms with van der Waals surface area (Å²) in [6, 6.07) is 62.4. The fraction of sp³-hybridized carbons (Fsp3) is 0. The minimum absolute atomic E-state index is 0.506. The first-order valence-corrected chi connectivity index (χ1v) is 21.0. The molecule has 0 atom stereocenters. The van der Waals surface area contributed by atoms with E-state index < -0.39 is 24.6 Å². The van der Waals surface area contributed by atoms with Crippen LogP contribution in [0.3, 0.4) is 0 Å². The van der Waals surface area contributed by atoms with Crippen molar-refractivity contribution in [3.05, 3.63) is 194 Å². The Labute approximate surface area is 249 Å². The van der Waals surface area contributed by atoms with Crippen molar-refractivity contribution in [2.24, 2.45) is 0 Å². The van der Waals surface area contributed by atoms with Gasteiger partial charge < -0.3 is 0 Å². The SMILES string of the molecule is C=[CH][Ni]([PH](c1ccccc1)(c1ccccc1)c1ccccc1)[PH](c1ccccc1)(c1ccccc1)c1ccccc1. The number of hydrogen-bond acceptors (Lipinski definition) is 0. The molecule has 0 fully saturated rings. The Morgan fingerprint density at radius 3 is 0.634 bits per heavy atom. The number of benzene rings is 6. The van der Waals surface area contributed by atoms with Crippen molar-refractivity contribution in [3.63, 3.8) is 0 Å². The Bertz CT molecular complexity index is 1360. The maximum atomic E-state index is 4.73. The molecular formula is C38H35NiP2. The van der Waals surface area contributed by atoms with Crippen molar-refractivity contribution in [1.82, 2.24) is 0 Å². The third-order valence-electron chi connectivity index (χ3n) is 7.56. The van der Waals surface area contributed by atoms with Crippen LogP contribution >= 0.6 is 12.1 Å². The molecule has 0 amide bonds. The van der Waals surface area contributed by atoms with Gasteiger partial charge in [-0.1, -0.05) is 0 Å². The second-order valence-corrected chi connectivity index (χ2v) is 25.5. The molecule has 0 heterocycles. The molecule has 41 heavy (non-hydrogen) atoms. The van der Waals surface area contributed by atoms with E-state index in [1.54, 1.807) is 0 Å². The second kappa shape index (κ2) is 12.5. The van der Waals surface area contributed by atoms with E-state index >= 15 is 0 Å². The molecule has 6 rings (SSSR count). The van der Waals surface area contributed by atoms with E-state index in [2.05, 4.69) is 187 Å². The fourth-order valence-electron chi connectivity index (χ4n) is 5.91. The first-order chi connectivity index (χ1) is 20.3. The van der Waals surface area contributed by atoms with Crippen molar-refractivity contribution in [3.8, 4) is 0 Å². The van der Waals surface area contributed by atoms with Gasteiger partial charge in [0.15, 0.2) is 0 Å². The Morgan fingerprint density at radius 2 is 0.488 bits per heavy atom. The summed E-state index contributed by atoms with van der Waals surface area (Å²) in [6.45, 7) is 4.73. The summed E-state index contributed by atoms with van der Waals surface area (Å²) < 4.78 is 0. The zero-order chi connectivity index (χ0) is 28.0.